The number of hydrogen-bond donors (Lipinski definition) is 1. The number of hydrogen-bond acceptors (Lipinski definition) is 1. The molecular weight excluding hydrogens is 306 g/mol. The van der Waals surface area contributed by atoms with E-state index in [1.54, 1.807) is 0 Å². The van der Waals surface area contributed by atoms with Gasteiger partial charge in [-0.15, -0.1) is 0 Å². The fourth-order valence-electron chi connectivity index (χ4n) is 3.97. The molecule has 1 amide bonds. The van der Waals surface area contributed by atoms with E-state index >= 15 is 0 Å². The van der Waals surface area contributed by atoms with Crippen molar-refractivity contribution in [3.63, 3.8) is 0 Å². The zero-order chi connectivity index (χ0) is 16.8. The van der Waals surface area contributed by atoms with E-state index in [1.807, 2.05) is 48.5 Å². The summed E-state index contributed by atoms with van der Waals surface area (Å²) in [6, 6.07) is 24.4. The van der Waals surface area contributed by atoms with Gasteiger partial charge in [0.2, 0.25) is 0 Å². The van der Waals surface area contributed by atoms with Crippen LogP contribution in [0.1, 0.15) is 21.5 Å². The maximum absolute atomic E-state index is 12.9. The molecule has 0 fully saturated rings. The zero-order valence-corrected chi connectivity index (χ0v) is 13.8. The van der Waals surface area contributed by atoms with E-state index in [4.69, 9.17) is 0 Å². The van der Waals surface area contributed by atoms with Gasteiger partial charge in [-0.1, -0.05) is 60.7 Å². The normalized spacial score (nSPS) is 12.6. The number of fused-ring (bicyclic) bond motifs is 1. The van der Waals surface area contributed by atoms with Crippen LogP contribution in [0.3, 0.4) is 0 Å². The third kappa shape index (κ3) is 2.22. The van der Waals surface area contributed by atoms with Crippen molar-refractivity contribution in [2.75, 3.05) is 5.32 Å². The molecule has 1 aliphatic rings. The number of nitrogens with one attached hydrogen (secondary N) is 1. The molecule has 0 atom stereocenters. The van der Waals surface area contributed by atoms with Crippen molar-refractivity contribution in [3.05, 3.63) is 89.5 Å². The second-order valence-corrected chi connectivity index (χ2v) is 6.59. The maximum Gasteiger partial charge on any atom is 0.256 e. The first-order valence-corrected chi connectivity index (χ1v) is 8.64. The van der Waals surface area contributed by atoms with Crippen LogP contribution in [-0.4, -0.2) is 5.91 Å². The van der Waals surface area contributed by atoms with Crippen molar-refractivity contribution in [2.45, 2.75) is 12.8 Å². The summed E-state index contributed by atoms with van der Waals surface area (Å²) >= 11 is 0. The Morgan fingerprint density at radius 2 is 1.44 bits per heavy atom. The molecule has 4 aromatic carbocycles. The molecule has 2 heteroatoms. The highest BCUT2D eigenvalue weighted by Crippen LogP contribution is 2.35. The quantitative estimate of drug-likeness (QED) is 0.530. The van der Waals surface area contributed by atoms with E-state index in [0.29, 0.717) is 5.56 Å². The average Bonchev–Trinajstić information content (AvgIpc) is 3.08. The van der Waals surface area contributed by atoms with Crippen LogP contribution in [0.5, 0.6) is 0 Å². The highest BCUT2D eigenvalue weighted by Gasteiger charge is 2.17. The number of amides is 1. The molecule has 4 aromatic rings. The van der Waals surface area contributed by atoms with Gasteiger partial charge in [-0.3, -0.25) is 4.79 Å². The van der Waals surface area contributed by atoms with Gasteiger partial charge in [-0.25, -0.2) is 0 Å². The van der Waals surface area contributed by atoms with Crippen molar-refractivity contribution >= 4 is 33.1 Å². The lowest BCUT2D eigenvalue weighted by molar-refractivity contribution is 0.102. The Morgan fingerprint density at radius 3 is 2.36 bits per heavy atom. The molecule has 120 valence electrons. The summed E-state index contributed by atoms with van der Waals surface area (Å²) in [5, 5.41) is 7.65. The minimum Gasteiger partial charge on any atom is -0.321 e. The molecule has 2 nitrogen and oxygen atoms in total. The summed E-state index contributed by atoms with van der Waals surface area (Å²) < 4.78 is 0. The molecule has 0 aliphatic heterocycles. The topological polar surface area (TPSA) is 29.1 Å². The van der Waals surface area contributed by atoms with E-state index in [9.17, 15) is 4.79 Å². The standard InChI is InChI=1S/C23H17NO/c25-23(19-9-3-6-15-5-1-2-8-18(15)19)24-21-14-13-17-12-11-16-7-4-10-20(21)22(16)17/h1-10,13-14H,11-12H2,(H,24,25). The summed E-state index contributed by atoms with van der Waals surface area (Å²) in [5.41, 5.74) is 4.37. The van der Waals surface area contributed by atoms with Gasteiger partial charge in [0.15, 0.2) is 0 Å². The number of carbonyl (C=O) groups is 1. The molecule has 0 radical (unpaired) electrons. The van der Waals surface area contributed by atoms with E-state index in [1.165, 1.54) is 16.5 Å². The third-order valence-corrected chi connectivity index (χ3v) is 5.16. The predicted molar refractivity (Wildman–Crippen MR) is 103 cm³/mol. The summed E-state index contributed by atoms with van der Waals surface area (Å²) in [4.78, 5) is 12.9. The summed E-state index contributed by atoms with van der Waals surface area (Å²) in [6.07, 6.45) is 2.18. The first-order valence-electron chi connectivity index (χ1n) is 8.64. The summed E-state index contributed by atoms with van der Waals surface area (Å²) in [6.45, 7) is 0. The van der Waals surface area contributed by atoms with Gasteiger partial charge in [-0.05, 0) is 52.3 Å². The first-order chi connectivity index (χ1) is 12.3. The fraction of sp³-hybridized carbons (Fsp3) is 0.0870. The van der Waals surface area contributed by atoms with Crippen LogP contribution < -0.4 is 5.32 Å². The average molecular weight is 323 g/mol. The Labute approximate surface area is 146 Å². The summed E-state index contributed by atoms with van der Waals surface area (Å²) in [5.74, 6) is -0.0597. The van der Waals surface area contributed by atoms with Gasteiger partial charge in [0.1, 0.15) is 0 Å². The Hall–Kier alpha value is -3.13. The van der Waals surface area contributed by atoms with E-state index in [0.717, 1.165) is 34.7 Å². The van der Waals surface area contributed by atoms with Gasteiger partial charge in [0.05, 0.1) is 0 Å². The van der Waals surface area contributed by atoms with Crippen molar-refractivity contribution < 1.29 is 4.79 Å². The molecule has 0 heterocycles. The highest BCUT2D eigenvalue weighted by molar-refractivity contribution is 6.15. The number of rotatable bonds is 2. The predicted octanol–water partition coefficient (Wildman–Crippen LogP) is 5.34. The van der Waals surface area contributed by atoms with Crippen molar-refractivity contribution in [2.24, 2.45) is 0 Å². The maximum atomic E-state index is 12.9. The lowest BCUT2D eigenvalue weighted by atomic mass is 10.0. The fourth-order valence-corrected chi connectivity index (χ4v) is 3.97. The van der Waals surface area contributed by atoms with Crippen molar-refractivity contribution in [1.29, 1.82) is 0 Å². The van der Waals surface area contributed by atoms with E-state index < -0.39 is 0 Å². The van der Waals surface area contributed by atoms with Gasteiger partial charge in [-0.2, -0.15) is 0 Å². The van der Waals surface area contributed by atoms with Crippen LogP contribution >= 0.6 is 0 Å². The molecule has 1 aliphatic carbocycles. The van der Waals surface area contributed by atoms with Crippen molar-refractivity contribution in [1.82, 2.24) is 0 Å². The van der Waals surface area contributed by atoms with Gasteiger partial charge in [0.25, 0.3) is 5.91 Å². The number of anilines is 1. The number of benzene rings is 4. The summed E-state index contributed by atoms with van der Waals surface area (Å²) in [7, 11) is 0. The Morgan fingerprint density at radius 1 is 0.720 bits per heavy atom. The molecular formula is C23H17NO. The lowest BCUT2D eigenvalue weighted by Crippen LogP contribution is -2.12. The molecule has 0 spiro atoms. The minimum absolute atomic E-state index is 0.0597. The van der Waals surface area contributed by atoms with E-state index in [-0.39, 0.29) is 5.91 Å². The van der Waals surface area contributed by atoms with Gasteiger partial charge >= 0.3 is 0 Å². The third-order valence-electron chi connectivity index (χ3n) is 5.16. The molecule has 0 saturated carbocycles. The lowest BCUT2D eigenvalue weighted by Gasteiger charge is -2.12. The number of aryl methyl sites for hydroxylation is 2. The monoisotopic (exact) mass is 323 g/mol. The highest BCUT2D eigenvalue weighted by atomic mass is 16.1. The van der Waals surface area contributed by atoms with Crippen LogP contribution in [0.15, 0.2) is 72.8 Å². The van der Waals surface area contributed by atoms with Crippen LogP contribution in [0.25, 0.3) is 21.5 Å². The molecule has 0 saturated heterocycles. The Balaban J connectivity index is 1.60. The molecule has 25 heavy (non-hydrogen) atoms. The SMILES string of the molecule is O=C(Nc1ccc2c3c(cccc13)CC2)c1cccc2ccccc12. The number of carbonyl (C=O) groups excluding carboxylic acids is 1. The second-order valence-electron chi connectivity index (χ2n) is 6.59. The molecule has 0 aromatic heterocycles. The second kappa shape index (κ2) is 5.45. The minimum atomic E-state index is -0.0597. The van der Waals surface area contributed by atoms with Gasteiger partial charge < -0.3 is 5.32 Å². The first kappa shape index (κ1) is 14.2. The van der Waals surface area contributed by atoms with E-state index in [2.05, 4.69) is 29.6 Å². The van der Waals surface area contributed by atoms with Crippen LogP contribution in [0.2, 0.25) is 0 Å². The molecule has 0 bridgehead atoms. The van der Waals surface area contributed by atoms with Crippen molar-refractivity contribution in [3.8, 4) is 0 Å². The van der Waals surface area contributed by atoms with Crippen LogP contribution in [0, 0.1) is 0 Å². The Kier molecular flexibility index (Phi) is 3.10. The molecule has 1 N–H and O–H groups in total. The van der Waals surface area contributed by atoms with Crippen LogP contribution in [0.4, 0.5) is 5.69 Å². The van der Waals surface area contributed by atoms with Gasteiger partial charge in [0, 0.05) is 16.6 Å². The Bertz CT molecular complexity index is 1130. The van der Waals surface area contributed by atoms with Crippen LogP contribution in [-0.2, 0) is 12.8 Å². The molecule has 0 unspecified atom stereocenters. The zero-order valence-electron chi connectivity index (χ0n) is 13.8. The smallest absolute Gasteiger partial charge is 0.256 e. The largest absolute Gasteiger partial charge is 0.321 e. The molecule has 5 rings (SSSR count).